The molecule has 0 bridgehead atoms. The van der Waals surface area contributed by atoms with E-state index in [9.17, 15) is 4.57 Å². The van der Waals surface area contributed by atoms with E-state index < -0.39 is 7.60 Å². The second-order valence-corrected chi connectivity index (χ2v) is 6.94. The molecule has 0 amide bonds. The smallest absolute Gasteiger partial charge is 0.335 e. The lowest BCUT2D eigenvalue weighted by Gasteiger charge is -2.16. The summed E-state index contributed by atoms with van der Waals surface area (Å²) in [7, 11) is -3.10. The fraction of sp³-hybridized carbons (Fsp3) is 0.353. The Morgan fingerprint density at radius 1 is 0.957 bits per heavy atom. The Kier molecular flexibility index (Phi) is 6.78. The quantitative estimate of drug-likeness (QED) is 0.635. The predicted octanol–water partition coefficient (Wildman–Crippen LogP) is 4.43. The second kappa shape index (κ2) is 8.82. The molecule has 0 aliphatic carbocycles. The summed E-state index contributed by atoms with van der Waals surface area (Å²) in [4.78, 5) is 4.24. The fourth-order valence-corrected chi connectivity index (χ4v) is 3.75. The highest BCUT2D eigenvalue weighted by Crippen LogP contribution is 2.51. The fourth-order valence-electron chi connectivity index (χ4n) is 2.07. The molecule has 2 rings (SSSR count). The zero-order chi connectivity index (χ0) is 16.5. The van der Waals surface area contributed by atoms with Crippen molar-refractivity contribution in [1.82, 2.24) is 4.98 Å². The number of hydrogen-bond donors (Lipinski definition) is 0. The van der Waals surface area contributed by atoms with Crippen molar-refractivity contribution < 1.29 is 18.3 Å². The van der Waals surface area contributed by atoms with Crippen LogP contribution in [0.4, 0.5) is 0 Å². The third-order valence-corrected chi connectivity index (χ3v) is 5.11. The highest BCUT2D eigenvalue weighted by Gasteiger charge is 2.24. The average Bonchev–Trinajstić information content (AvgIpc) is 2.55. The van der Waals surface area contributed by atoms with E-state index in [1.165, 1.54) is 0 Å². The molecule has 0 fully saturated rings. The molecular weight excluding hydrogens is 313 g/mol. The van der Waals surface area contributed by atoms with E-state index in [1.807, 2.05) is 36.4 Å². The van der Waals surface area contributed by atoms with Gasteiger partial charge in [0.15, 0.2) is 0 Å². The van der Waals surface area contributed by atoms with Crippen molar-refractivity contribution in [3.63, 3.8) is 0 Å². The molecule has 5 nitrogen and oxygen atoms in total. The molecule has 23 heavy (non-hydrogen) atoms. The maximum atomic E-state index is 12.5. The highest BCUT2D eigenvalue weighted by molar-refractivity contribution is 7.53. The molecule has 0 N–H and O–H groups in total. The van der Waals surface area contributed by atoms with Crippen molar-refractivity contribution in [2.24, 2.45) is 0 Å². The number of nitrogens with zero attached hydrogens (tertiary/aromatic N) is 1. The summed E-state index contributed by atoms with van der Waals surface area (Å²) in [5, 5.41) is 0. The van der Waals surface area contributed by atoms with E-state index in [0.717, 1.165) is 11.1 Å². The van der Waals surface area contributed by atoms with Gasteiger partial charge in [0.1, 0.15) is 6.61 Å². The van der Waals surface area contributed by atoms with Crippen LogP contribution in [0.25, 0.3) is 0 Å². The van der Waals surface area contributed by atoms with Crippen LogP contribution in [0.2, 0.25) is 0 Å². The molecule has 0 radical (unpaired) electrons. The Bertz CT molecular complexity index is 621. The number of benzene rings is 1. The summed E-state index contributed by atoms with van der Waals surface area (Å²) in [6.07, 6.45) is 1.85. The Balaban J connectivity index is 1.94. The number of pyridine rings is 1. The number of rotatable bonds is 9. The van der Waals surface area contributed by atoms with E-state index in [4.69, 9.17) is 13.8 Å². The van der Waals surface area contributed by atoms with E-state index >= 15 is 0 Å². The van der Waals surface area contributed by atoms with Gasteiger partial charge < -0.3 is 13.8 Å². The first-order valence-electron chi connectivity index (χ1n) is 7.65. The molecule has 2 aromatic rings. The summed E-state index contributed by atoms with van der Waals surface area (Å²) in [6.45, 7) is 4.75. The van der Waals surface area contributed by atoms with Gasteiger partial charge in [-0.05, 0) is 25.0 Å². The van der Waals surface area contributed by atoms with Gasteiger partial charge in [0.25, 0.3) is 0 Å². The maximum Gasteiger partial charge on any atom is 0.335 e. The topological polar surface area (TPSA) is 57.7 Å². The zero-order valence-corrected chi connectivity index (χ0v) is 14.4. The van der Waals surface area contributed by atoms with Gasteiger partial charge >= 0.3 is 7.60 Å². The average molecular weight is 335 g/mol. The zero-order valence-electron chi connectivity index (χ0n) is 13.5. The van der Waals surface area contributed by atoms with Crippen molar-refractivity contribution in [2.75, 3.05) is 13.2 Å². The molecule has 0 aliphatic heterocycles. The highest BCUT2D eigenvalue weighted by atomic mass is 31.2. The summed E-state index contributed by atoms with van der Waals surface area (Å²) >= 11 is 0. The SMILES string of the molecule is CCOP(=O)(Cc1ccc(OCc2ccccc2)nc1)OCC. The van der Waals surface area contributed by atoms with Crippen LogP contribution in [-0.4, -0.2) is 18.2 Å². The van der Waals surface area contributed by atoms with Crippen LogP contribution >= 0.6 is 7.60 Å². The minimum Gasteiger partial charge on any atom is -0.473 e. The summed E-state index contributed by atoms with van der Waals surface area (Å²) in [5.74, 6) is 0.528. The van der Waals surface area contributed by atoms with Gasteiger partial charge in [0.05, 0.1) is 19.4 Å². The van der Waals surface area contributed by atoms with Gasteiger partial charge in [-0.1, -0.05) is 36.4 Å². The van der Waals surface area contributed by atoms with Crippen molar-refractivity contribution in [3.05, 3.63) is 59.8 Å². The molecular formula is C17H22NO4P. The first-order valence-corrected chi connectivity index (χ1v) is 9.38. The Labute approximate surface area is 137 Å². The Morgan fingerprint density at radius 3 is 2.22 bits per heavy atom. The van der Waals surface area contributed by atoms with E-state index in [0.29, 0.717) is 25.7 Å². The summed E-state index contributed by atoms with van der Waals surface area (Å²) < 4.78 is 28.7. The molecule has 1 aromatic heterocycles. The molecule has 0 spiro atoms. The van der Waals surface area contributed by atoms with Gasteiger partial charge in [-0.15, -0.1) is 0 Å². The van der Waals surface area contributed by atoms with Gasteiger partial charge in [-0.3, -0.25) is 4.57 Å². The lowest BCUT2D eigenvalue weighted by atomic mass is 10.2. The molecule has 1 aromatic carbocycles. The van der Waals surface area contributed by atoms with Gasteiger partial charge in [-0.25, -0.2) is 4.98 Å². The first-order chi connectivity index (χ1) is 11.1. The van der Waals surface area contributed by atoms with E-state index in [2.05, 4.69) is 4.98 Å². The van der Waals surface area contributed by atoms with Crippen LogP contribution in [-0.2, 0) is 26.4 Å². The van der Waals surface area contributed by atoms with Gasteiger partial charge in [0, 0.05) is 12.3 Å². The molecule has 1 heterocycles. The van der Waals surface area contributed by atoms with Crippen molar-refractivity contribution in [1.29, 1.82) is 0 Å². The largest absolute Gasteiger partial charge is 0.473 e. The minimum absolute atomic E-state index is 0.209. The van der Waals surface area contributed by atoms with Gasteiger partial charge in [-0.2, -0.15) is 0 Å². The van der Waals surface area contributed by atoms with Crippen molar-refractivity contribution >= 4 is 7.60 Å². The van der Waals surface area contributed by atoms with E-state index in [-0.39, 0.29) is 6.16 Å². The molecule has 0 atom stereocenters. The van der Waals surface area contributed by atoms with E-state index in [1.54, 1.807) is 26.1 Å². The van der Waals surface area contributed by atoms with Crippen LogP contribution in [0.3, 0.4) is 0 Å². The van der Waals surface area contributed by atoms with Crippen molar-refractivity contribution in [2.45, 2.75) is 26.6 Å². The van der Waals surface area contributed by atoms with Gasteiger partial charge in [0.2, 0.25) is 5.88 Å². The molecule has 124 valence electrons. The molecule has 6 heteroatoms. The second-order valence-electron chi connectivity index (χ2n) is 4.88. The number of aromatic nitrogens is 1. The normalized spacial score (nSPS) is 11.4. The Hall–Kier alpha value is -1.68. The van der Waals surface area contributed by atoms with Crippen LogP contribution in [0, 0.1) is 0 Å². The molecule has 0 saturated carbocycles. The maximum absolute atomic E-state index is 12.5. The third kappa shape index (κ3) is 5.79. The van der Waals surface area contributed by atoms with Crippen LogP contribution in [0.1, 0.15) is 25.0 Å². The van der Waals surface area contributed by atoms with Crippen molar-refractivity contribution in [3.8, 4) is 5.88 Å². The lowest BCUT2D eigenvalue weighted by Crippen LogP contribution is -2.00. The number of ether oxygens (including phenoxy) is 1. The standard InChI is InChI=1S/C17H22NO4P/c1-3-21-23(19,22-4-2)14-16-10-11-17(18-12-16)20-13-15-8-6-5-7-9-15/h5-12H,3-4,13-14H2,1-2H3. The lowest BCUT2D eigenvalue weighted by molar-refractivity contribution is 0.219. The summed E-state index contributed by atoms with van der Waals surface area (Å²) in [6, 6.07) is 13.5. The molecule has 0 saturated heterocycles. The molecule has 0 unspecified atom stereocenters. The Morgan fingerprint density at radius 2 is 1.65 bits per heavy atom. The molecule has 0 aliphatic rings. The monoisotopic (exact) mass is 335 g/mol. The first kappa shape index (κ1) is 17.7. The van der Waals surface area contributed by atoms with Crippen LogP contribution in [0.15, 0.2) is 48.7 Å². The predicted molar refractivity (Wildman–Crippen MR) is 89.6 cm³/mol. The third-order valence-electron chi connectivity index (χ3n) is 3.05. The van der Waals surface area contributed by atoms with Crippen LogP contribution in [0.5, 0.6) is 5.88 Å². The van der Waals surface area contributed by atoms with Crippen LogP contribution < -0.4 is 4.74 Å². The summed E-state index contributed by atoms with van der Waals surface area (Å²) in [5.41, 5.74) is 1.87. The number of hydrogen-bond acceptors (Lipinski definition) is 5. The minimum atomic E-state index is -3.10.